The number of hydrogen-bond acceptors (Lipinski definition) is 4. The molecule has 0 unspecified atom stereocenters. The monoisotopic (exact) mass is 313 g/mol. The Hall–Kier alpha value is -1.75. The molecule has 2 aliphatic rings. The van der Waals surface area contributed by atoms with Gasteiger partial charge in [0.25, 0.3) is 0 Å². The molecule has 114 valence electrons. The lowest BCUT2D eigenvalue weighted by molar-refractivity contribution is 0.443. The smallest absolute Gasteiger partial charge is 0.177 e. The fraction of sp³-hybridized carbons (Fsp3) is 0.412. The first-order valence-electron chi connectivity index (χ1n) is 7.90. The molecule has 1 aromatic heterocycles. The molecule has 1 aliphatic heterocycles. The number of amidine groups is 1. The van der Waals surface area contributed by atoms with Crippen LogP contribution >= 0.6 is 11.8 Å². The Morgan fingerprint density at radius 1 is 1.18 bits per heavy atom. The molecule has 1 saturated carbocycles. The standard InChI is InChI=1S/C17H19N3OS/c1-2-7-13(8-3-1)18-17-20-19-14(11-22-17)16-10-12-6-4-5-9-15(12)21-16/h4-6,9-10,13H,1-3,7-8,11H2,(H,18,20). The highest BCUT2D eigenvalue weighted by molar-refractivity contribution is 8.14. The van der Waals surface area contributed by atoms with Gasteiger partial charge >= 0.3 is 0 Å². The second kappa shape index (κ2) is 6.16. The fourth-order valence-electron chi connectivity index (χ4n) is 3.01. The quantitative estimate of drug-likeness (QED) is 0.905. The Morgan fingerprint density at radius 2 is 2.05 bits per heavy atom. The van der Waals surface area contributed by atoms with Gasteiger partial charge in [0, 0.05) is 11.1 Å². The second-order valence-corrected chi connectivity index (χ2v) is 6.80. The molecular weight excluding hydrogens is 294 g/mol. The molecule has 5 heteroatoms. The lowest BCUT2D eigenvalue weighted by atomic mass is 9.96. The molecule has 0 atom stereocenters. The van der Waals surface area contributed by atoms with E-state index < -0.39 is 0 Å². The zero-order valence-corrected chi connectivity index (χ0v) is 13.2. The van der Waals surface area contributed by atoms with Crippen LogP contribution in [0.3, 0.4) is 0 Å². The molecule has 0 bridgehead atoms. The topological polar surface area (TPSA) is 49.9 Å². The molecule has 2 aromatic rings. The van der Waals surface area contributed by atoms with Crippen molar-refractivity contribution in [3.05, 3.63) is 36.1 Å². The molecule has 1 aromatic carbocycles. The maximum absolute atomic E-state index is 5.87. The van der Waals surface area contributed by atoms with E-state index in [1.54, 1.807) is 11.8 Å². The number of hydrogen-bond donors (Lipinski definition) is 1. The van der Waals surface area contributed by atoms with E-state index in [1.807, 2.05) is 18.2 Å². The highest BCUT2D eigenvalue weighted by atomic mass is 32.2. The van der Waals surface area contributed by atoms with Gasteiger partial charge in [0.2, 0.25) is 0 Å². The van der Waals surface area contributed by atoms with E-state index in [9.17, 15) is 0 Å². The first-order chi connectivity index (χ1) is 10.9. The number of nitrogens with one attached hydrogen (secondary N) is 1. The molecule has 0 saturated heterocycles. The molecule has 0 spiro atoms. The minimum absolute atomic E-state index is 0.478. The fourth-order valence-corrected chi connectivity index (χ4v) is 3.82. The van der Waals surface area contributed by atoms with E-state index in [0.29, 0.717) is 6.04 Å². The van der Waals surface area contributed by atoms with Crippen LogP contribution in [-0.2, 0) is 0 Å². The summed E-state index contributed by atoms with van der Waals surface area (Å²) in [5.41, 5.74) is 4.96. The molecule has 0 radical (unpaired) electrons. The number of fused-ring (bicyclic) bond motifs is 1. The number of nitrogens with zero attached hydrogens (tertiary/aromatic N) is 2. The molecule has 2 heterocycles. The minimum atomic E-state index is 0.478. The summed E-state index contributed by atoms with van der Waals surface area (Å²) in [6.45, 7) is 0. The van der Waals surface area contributed by atoms with Crippen LogP contribution in [0.4, 0.5) is 0 Å². The van der Waals surface area contributed by atoms with Crippen LogP contribution in [-0.4, -0.2) is 22.7 Å². The van der Waals surface area contributed by atoms with Gasteiger partial charge in [-0.2, -0.15) is 5.10 Å². The Kier molecular flexibility index (Phi) is 3.89. The molecule has 1 N–H and O–H groups in total. The number of benzene rings is 1. The van der Waals surface area contributed by atoms with Crippen LogP contribution in [0.5, 0.6) is 0 Å². The summed E-state index contributed by atoms with van der Waals surface area (Å²) in [5, 5.41) is 6.53. The van der Waals surface area contributed by atoms with Gasteiger partial charge in [0.15, 0.2) is 10.9 Å². The first kappa shape index (κ1) is 13.9. The summed E-state index contributed by atoms with van der Waals surface area (Å²) in [5.74, 6) is 1.65. The summed E-state index contributed by atoms with van der Waals surface area (Å²) < 4.78 is 5.87. The number of hydrazone groups is 1. The van der Waals surface area contributed by atoms with Crippen molar-refractivity contribution in [1.82, 2.24) is 5.43 Å². The van der Waals surface area contributed by atoms with E-state index >= 15 is 0 Å². The number of para-hydroxylation sites is 1. The van der Waals surface area contributed by atoms with Crippen LogP contribution in [0.15, 0.2) is 44.8 Å². The zero-order valence-electron chi connectivity index (χ0n) is 12.4. The highest BCUT2D eigenvalue weighted by Crippen LogP contribution is 2.24. The van der Waals surface area contributed by atoms with Gasteiger partial charge in [0.05, 0.1) is 6.04 Å². The maximum atomic E-state index is 5.87. The Balaban J connectivity index is 1.49. The zero-order chi connectivity index (χ0) is 14.8. The van der Waals surface area contributed by atoms with Crippen LogP contribution in [0.2, 0.25) is 0 Å². The van der Waals surface area contributed by atoms with Crippen molar-refractivity contribution in [2.24, 2.45) is 10.1 Å². The second-order valence-electron chi connectivity index (χ2n) is 5.83. The van der Waals surface area contributed by atoms with Crippen LogP contribution in [0.1, 0.15) is 37.9 Å². The van der Waals surface area contributed by atoms with Crippen LogP contribution in [0.25, 0.3) is 11.0 Å². The van der Waals surface area contributed by atoms with E-state index in [-0.39, 0.29) is 0 Å². The average Bonchev–Trinajstić information content (AvgIpc) is 3.00. The van der Waals surface area contributed by atoms with Crippen LogP contribution < -0.4 is 5.43 Å². The molecule has 0 amide bonds. The maximum Gasteiger partial charge on any atom is 0.177 e. The van der Waals surface area contributed by atoms with Crippen molar-refractivity contribution >= 4 is 33.6 Å². The average molecular weight is 313 g/mol. The predicted octanol–water partition coefficient (Wildman–Crippen LogP) is 4.16. The van der Waals surface area contributed by atoms with Gasteiger partial charge < -0.3 is 4.42 Å². The lowest BCUT2D eigenvalue weighted by Gasteiger charge is -2.20. The van der Waals surface area contributed by atoms with Gasteiger partial charge in [-0.3, -0.25) is 10.4 Å². The Labute approximate surface area is 134 Å². The van der Waals surface area contributed by atoms with Crippen molar-refractivity contribution in [3.8, 4) is 0 Å². The third-order valence-electron chi connectivity index (χ3n) is 4.22. The minimum Gasteiger partial charge on any atom is -0.455 e. The molecule has 1 fully saturated rings. The summed E-state index contributed by atoms with van der Waals surface area (Å²) in [6.07, 6.45) is 6.40. The molecule has 4 rings (SSSR count). The Morgan fingerprint density at radius 3 is 2.82 bits per heavy atom. The van der Waals surface area contributed by atoms with Gasteiger partial charge in [-0.25, -0.2) is 0 Å². The van der Waals surface area contributed by atoms with Gasteiger partial charge in [-0.15, -0.1) is 0 Å². The van der Waals surface area contributed by atoms with Gasteiger partial charge in [-0.05, 0) is 25.0 Å². The number of rotatable bonds is 2. The third-order valence-corrected chi connectivity index (χ3v) is 5.10. The summed E-state index contributed by atoms with van der Waals surface area (Å²) in [6, 6.07) is 10.6. The Bertz CT molecular complexity index is 695. The van der Waals surface area contributed by atoms with Crippen molar-refractivity contribution in [2.75, 3.05) is 5.75 Å². The van der Waals surface area contributed by atoms with E-state index in [1.165, 1.54) is 32.1 Å². The third kappa shape index (κ3) is 2.90. The highest BCUT2D eigenvalue weighted by Gasteiger charge is 2.19. The normalized spacial score (nSPS) is 21.8. The summed E-state index contributed by atoms with van der Waals surface area (Å²) in [7, 11) is 0. The first-order valence-corrected chi connectivity index (χ1v) is 8.89. The largest absolute Gasteiger partial charge is 0.455 e. The van der Waals surface area contributed by atoms with E-state index in [4.69, 9.17) is 9.41 Å². The van der Waals surface area contributed by atoms with Crippen molar-refractivity contribution in [3.63, 3.8) is 0 Å². The van der Waals surface area contributed by atoms with Gasteiger partial charge in [0.1, 0.15) is 11.3 Å². The van der Waals surface area contributed by atoms with Gasteiger partial charge in [-0.1, -0.05) is 49.2 Å². The molecular formula is C17H19N3OS. The van der Waals surface area contributed by atoms with E-state index in [2.05, 4.69) is 22.7 Å². The number of aliphatic imine (C=N–C) groups is 1. The summed E-state index contributed by atoms with van der Waals surface area (Å²) >= 11 is 1.72. The summed E-state index contributed by atoms with van der Waals surface area (Å²) in [4.78, 5) is 4.80. The SMILES string of the molecule is c1ccc2oc(C3=NNC(=NC4CCCCC4)SC3)cc2c1. The van der Waals surface area contributed by atoms with Crippen molar-refractivity contribution in [2.45, 2.75) is 38.1 Å². The lowest BCUT2D eigenvalue weighted by Crippen LogP contribution is -2.27. The number of thioether (sulfide) groups is 1. The van der Waals surface area contributed by atoms with Crippen molar-refractivity contribution < 1.29 is 4.42 Å². The van der Waals surface area contributed by atoms with E-state index in [0.717, 1.165) is 33.4 Å². The molecule has 22 heavy (non-hydrogen) atoms. The predicted molar refractivity (Wildman–Crippen MR) is 92.7 cm³/mol. The number of furan rings is 1. The van der Waals surface area contributed by atoms with Crippen molar-refractivity contribution in [1.29, 1.82) is 0 Å². The molecule has 1 aliphatic carbocycles. The molecule has 4 nitrogen and oxygen atoms in total. The van der Waals surface area contributed by atoms with Crippen LogP contribution in [0, 0.1) is 0 Å².